The van der Waals surface area contributed by atoms with Crippen molar-refractivity contribution in [1.29, 1.82) is 0 Å². The van der Waals surface area contributed by atoms with Crippen molar-refractivity contribution in [3.05, 3.63) is 33.8 Å². The molecule has 0 heterocycles. The lowest BCUT2D eigenvalue weighted by molar-refractivity contribution is 0.918. The Balaban J connectivity index is 2.53. The molecule has 0 aliphatic carbocycles. The number of halogens is 3. The number of rotatable bonds is 4. The number of aryl methyl sites for hydroxylation is 1. The van der Waals surface area contributed by atoms with E-state index >= 15 is 0 Å². The maximum Gasteiger partial charge on any atom is 0.468 e. The third-order valence-corrected chi connectivity index (χ3v) is 5.02. The van der Waals surface area contributed by atoms with Crippen LogP contribution in [0.4, 0.5) is 0 Å². The molecule has 0 aliphatic rings. The van der Waals surface area contributed by atoms with Gasteiger partial charge in [0, 0.05) is 0 Å². The maximum atomic E-state index is 5.89. The van der Waals surface area contributed by atoms with E-state index in [1.54, 1.807) is 0 Å². The summed E-state index contributed by atoms with van der Waals surface area (Å²) < 4.78 is 1.33. The molecule has 0 spiro atoms. The summed E-state index contributed by atoms with van der Waals surface area (Å²) in [6.45, 7) is 0. The van der Waals surface area contributed by atoms with Crippen molar-refractivity contribution in [2.24, 2.45) is 0 Å². The van der Waals surface area contributed by atoms with Crippen LogP contribution in [-0.2, 0) is 6.42 Å². The highest BCUT2D eigenvalue weighted by Crippen LogP contribution is 2.23. The Hall–Kier alpha value is 1.05. The molecule has 0 saturated heterocycles. The highest BCUT2D eigenvalue weighted by molar-refractivity contribution is 9.23. The van der Waals surface area contributed by atoms with Gasteiger partial charge in [0.1, 0.15) is 0 Å². The van der Waals surface area contributed by atoms with Gasteiger partial charge in [-0.25, -0.2) is 0 Å². The van der Waals surface area contributed by atoms with Crippen molar-refractivity contribution in [1.82, 2.24) is 0 Å². The van der Waals surface area contributed by atoms with Gasteiger partial charge < -0.3 is 12.9 Å². The van der Waals surface area contributed by atoms with Gasteiger partial charge in [0.25, 0.3) is 0 Å². The summed E-state index contributed by atoms with van der Waals surface area (Å²) in [7, 11) is 0. The van der Waals surface area contributed by atoms with Gasteiger partial charge in [0.15, 0.2) is 0 Å². The van der Waals surface area contributed by atoms with Gasteiger partial charge in [0.05, 0.1) is 10.0 Å². The lowest BCUT2D eigenvalue weighted by Crippen LogP contribution is -1.86. The first-order valence-corrected chi connectivity index (χ1v) is 9.89. The SMILES string of the molecule is Clc1ccc(CC[CH2][Mg][Br])cc1Cl. The summed E-state index contributed by atoms with van der Waals surface area (Å²) in [5, 5.41) is 1.30. The summed E-state index contributed by atoms with van der Waals surface area (Å²) in [4.78, 5) is 0. The van der Waals surface area contributed by atoms with E-state index < -0.39 is 0 Å². The summed E-state index contributed by atoms with van der Waals surface area (Å²) in [5.74, 6) is 0. The third-order valence-electron chi connectivity index (χ3n) is 1.83. The van der Waals surface area contributed by atoms with Gasteiger partial charge in [-0.15, -0.1) is 4.55 Å². The van der Waals surface area contributed by atoms with E-state index in [-0.39, 0.29) is 18.2 Å². The first-order chi connectivity index (χ1) is 6.24. The average Bonchev–Trinajstić information content (AvgIpc) is 2.12. The molecule has 1 rings (SSSR count). The first kappa shape index (κ1) is 12.1. The average molecular weight is 292 g/mol. The van der Waals surface area contributed by atoms with E-state index in [2.05, 4.69) is 12.9 Å². The molecule has 1 aromatic carbocycles. The summed E-state index contributed by atoms with van der Waals surface area (Å²) in [5.41, 5.74) is 1.28. The van der Waals surface area contributed by atoms with Gasteiger partial charge in [-0.3, -0.25) is 0 Å². The lowest BCUT2D eigenvalue weighted by atomic mass is 10.1. The molecule has 0 atom stereocenters. The van der Waals surface area contributed by atoms with Gasteiger partial charge in [-0.2, -0.15) is 0 Å². The smallest absolute Gasteiger partial charge is 0.307 e. The molecule has 0 fully saturated rings. The van der Waals surface area contributed by atoms with E-state index in [1.165, 1.54) is 16.5 Å². The molecule has 4 heteroatoms. The largest absolute Gasteiger partial charge is 0.468 e. The molecule has 0 amide bonds. The molecule has 1 aromatic rings. The molecule has 0 radical (unpaired) electrons. The second-order valence-electron chi connectivity index (χ2n) is 2.89. The Labute approximate surface area is 105 Å². The minimum absolute atomic E-state index is 0.0340. The van der Waals surface area contributed by atoms with Crippen molar-refractivity contribution < 1.29 is 0 Å². The van der Waals surface area contributed by atoms with Crippen LogP contribution in [0, 0.1) is 0 Å². The molecule has 68 valence electrons. The third kappa shape index (κ3) is 4.39. The standard InChI is InChI=1S/C9H9Cl2.BrH.Mg/c1-2-3-7-4-5-8(10)9(11)6-7;;/h4-6H,1-3H2;1H;/q;;+1/p-1. The van der Waals surface area contributed by atoms with Crippen LogP contribution in [0.3, 0.4) is 0 Å². The lowest BCUT2D eigenvalue weighted by Gasteiger charge is -2.01. The fourth-order valence-corrected chi connectivity index (χ4v) is 3.07. The Bertz CT molecular complexity index is 278. The topological polar surface area (TPSA) is 0 Å². The Morgan fingerprint density at radius 1 is 1.23 bits per heavy atom. The Morgan fingerprint density at radius 2 is 2.00 bits per heavy atom. The zero-order valence-electron chi connectivity index (χ0n) is 7.19. The fourth-order valence-electron chi connectivity index (χ4n) is 1.12. The minimum atomic E-state index is 0.0340. The number of hydrogen-bond acceptors (Lipinski definition) is 0. The number of benzene rings is 1. The normalized spacial score (nSPS) is 9.77. The predicted octanol–water partition coefficient (Wildman–Crippen LogP) is 4.36. The van der Waals surface area contributed by atoms with Crippen LogP contribution in [0.1, 0.15) is 12.0 Å². The van der Waals surface area contributed by atoms with Gasteiger partial charge >= 0.3 is 18.2 Å². The van der Waals surface area contributed by atoms with E-state index in [1.807, 2.05) is 18.2 Å². The highest BCUT2D eigenvalue weighted by atomic mass is 79.9. The molecule has 0 nitrogen and oxygen atoms in total. The molecular weight excluding hydrogens is 283 g/mol. The molecule has 0 aromatic heterocycles. The summed E-state index contributed by atoms with van der Waals surface area (Å²) in [6.07, 6.45) is 2.35. The van der Waals surface area contributed by atoms with Crippen molar-refractivity contribution in [3.63, 3.8) is 0 Å². The second kappa shape index (κ2) is 6.52. The molecule has 0 N–H and O–H groups in total. The summed E-state index contributed by atoms with van der Waals surface area (Å²) in [6, 6.07) is 5.87. The molecule has 0 aliphatic heterocycles. The van der Waals surface area contributed by atoms with Gasteiger partial charge in [0.2, 0.25) is 0 Å². The maximum absolute atomic E-state index is 5.89. The van der Waals surface area contributed by atoms with Crippen LogP contribution in [0.2, 0.25) is 14.6 Å². The van der Waals surface area contributed by atoms with Crippen molar-refractivity contribution in [2.75, 3.05) is 0 Å². The minimum Gasteiger partial charge on any atom is -0.307 e. The highest BCUT2D eigenvalue weighted by Gasteiger charge is 1.99. The van der Waals surface area contributed by atoms with Crippen molar-refractivity contribution >= 4 is 54.3 Å². The van der Waals surface area contributed by atoms with Crippen LogP contribution in [0.5, 0.6) is 0 Å². The van der Waals surface area contributed by atoms with Crippen LogP contribution in [0.25, 0.3) is 0 Å². The zero-order valence-corrected chi connectivity index (χ0v) is 11.7. The second-order valence-corrected chi connectivity index (χ2v) is 7.17. The number of hydrogen-bond donors (Lipinski definition) is 0. The van der Waals surface area contributed by atoms with Crippen LogP contribution in [0.15, 0.2) is 18.2 Å². The summed E-state index contributed by atoms with van der Waals surface area (Å²) >= 11 is 15.3. The zero-order chi connectivity index (χ0) is 9.68. The monoisotopic (exact) mass is 290 g/mol. The Morgan fingerprint density at radius 3 is 2.62 bits per heavy atom. The van der Waals surface area contributed by atoms with Crippen molar-refractivity contribution in [3.8, 4) is 0 Å². The molecule has 0 bridgehead atoms. The van der Waals surface area contributed by atoms with Gasteiger partial charge in [-0.05, 0) is 24.1 Å². The first-order valence-electron chi connectivity index (χ1n) is 4.24. The van der Waals surface area contributed by atoms with Crippen LogP contribution < -0.4 is 0 Å². The quantitative estimate of drug-likeness (QED) is 0.571. The molecule has 0 saturated carbocycles. The fraction of sp³-hybridized carbons (Fsp3) is 0.333. The molecule has 13 heavy (non-hydrogen) atoms. The Kier molecular flexibility index (Phi) is 6.07. The van der Waals surface area contributed by atoms with E-state index in [9.17, 15) is 0 Å². The molecular formula is C9H9BrCl2Mg. The molecule has 0 unspecified atom stereocenters. The van der Waals surface area contributed by atoms with E-state index in [0.29, 0.717) is 10.0 Å². The van der Waals surface area contributed by atoms with Gasteiger partial charge in [-0.1, -0.05) is 35.7 Å². The van der Waals surface area contributed by atoms with Crippen molar-refractivity contribution in [2.45, 2.75) is 17.4 Å². The van der Waals surface area contributed by atoms with Crippen LogP contribution in [-0.4, -0.2) is 18.2 Å². The van der Waals surface area contributed by atoms with E-state index in [0.717, 1.165) is 6.42 Å². The predicted molar refractivity (Wildman–Crippen MR) is 64.3 cm³/mol. The van der Waals surface area contributed by atoms with E-state index in [4.69, 9.17) is 23.2 Å². The van der Waals surface area contributed by atoms with Crippen LogP contribution >= 0.6 is 36.1 Å².